The number of nitrogens with one attached hydrogen (secondary N) is 1. The standard InChI is InChI=1S/C15H21N3O4S/c1-17(2)23(20,21)18-9-12-8-13(14(10-18)22-12)15(19)16-11-6-4-3-5-7-11/h3-7,12-14H,8-10H2,1-2H3,(H,16,19)/t12-,13+,14-/m0/s1. The third-order valence-electron chi connectivity index (χ3n) is 4.29. The van der Waals surface area contributed by atoms with Gasteiger partial charge in [-0.1, -0.05) is 18.2 Å². The second-order valence-electron chi connectivity index (χ2n) is 6.10. The van der Waals surface area contributed by atoms with Crippen LogP contribution in [-0.2, 0) is 19.7 Å². The van der Waals surface area contributed by atoms with E-state index >= 15 is 0 Å². The lowest BCUT2D eigenvalue weighted by Crippen LogP contribution is -2.50. The predicted molar refractivity (Wildman–Crippen MR) is 86.0 cm³/mol. The summed E-state index contributed by atoms with van der Waals surface area (Å²) in [5, 5.41) is 2.88. The highest BCUT2D eigenvalue weighted by atomic mass is 32.2. The number of ether oxygens (including phenoxy) is 1. The number of hydrogen-bond acceptors (Lipinski definition) is 4. The van der Waals surface area contributed by atoms with Crippen LogP contribution in [0, 0.1) is 5.92 Å². The third-order valence-corrected chi connectivity index (χ3v) is 6.16. The van der Waals surface area contributed by atoms with E-state index in [9.17, 15) is 13.2 Å². The minimum atomic E-state index is -3.48. The summed E-state index contributed by atoms with van der Waals surface area (Å²) >= 11 is 0. The van der Waals surface area contributed by atoms with Crippen LogP contribution in [0.3, 0.4) is 0 Å². The molecule has 0 aromatic heterocycles. The van der Waals surface area contributed by atoms with Crippen LogP contribution in [0.2, 0.25) is 0 Å². The number of amides is 1. The summed E-state index contributed by atoms with van der Waals surface area (Å²) in [6, 6.07) is 9.23. The second-order valence-corrected chi connectivity index (χ2v) is 8.24. The maximum absolute atomic E-state index is 12.5. The lowest BCUT2D eigenvalue weighted by atomic mass is 9.99. The van der Waals surface area contributed by atoms with Crippen molar-refractivity contribution in [1.29, 1.82) is 0 Å². The smallest absolute Gasteiger partial charge is 0.281 e. The Morgan fingerprint density at radius 2 is 1.96 bits per heavy atom. The summed E-state index contributed by atoms with van der Waals surface area (Å²) in [4.78, 5) is 12.5. The Bertz CT molecular complexity index is 677. The van der Waals surface area contributed by atoms with Crippen molar-refractivity contribution in [2.45, 2.75) is 18.6 Å². The Morgan fingerprint density at radius 1 is 1.26 bits per heavy atom. The van der Waals surface area contributed by atoms with E-state index in [1.807, 2.05) is 30.3 Å². The number of morpholine rings is 1. The highest BCUT2D eigenvalue weighted by Gasteiger charge is 2.47. The van der Waals surface area contributed by atoms with Gasteiger partial charge in [-0.15, -0.1) is 0 Å². The molecule has 0 unspecified atom stereocenters. The molecule has 2 saturated heterocycles. The van der Waals surface area contributed by atoms with Crippen LogP contribution in [0.1, 0.15) is 6.42 Å². The molecule has 2 fully saturated rings. The molecule has 0 saturated carbocycles. The van der Waals surface area contributed by atoms with Gasteiger partial charge in [-0.2, -0.15) is 17.0 Å². The predicted octanol–water partition coefficient (Wildman–Crippen LogP) is 0.521. The van der Waals surface area contributed by atoms with Gasteiger partial charge in [-0.05, 0) is 18.6 Å². The zero-order valence-electron chi connectivity index (χ0n) is 13.2. The number of carbonyl (C=O) groups excluding carboxylic acids is 1. The van der Waals surface area contributed by atoms with Crippen LogP contribution < -0.4 is 5.32 Å². The normalized spacial score (nSPS) is 28.0. The first kappa shape index (κ1) is 16.4. The van der Waals surface area contributed by atoms with Gasteiger partial charge < -0.3 is 10.1 Å². The van der Waals surface area contributed by atoms with Crippen LogP contribution in [0.5, 0.6) is 0 Å². The van der Waals surface area contributed by atoms with E-state index in [4.69, 9.17) is 4.74 Å². The average Bonchev–Trinajstić information content (AvgIpc) is 2.82. The molecule has 1 aromatic rings. The fourth-order valence-electron chi connectivity index (χ4n) is 3.07. The van der Waals surface area contributed by atoms with Crippen LogP contribution in [0.4, 0.5) is 5.69 Å². The number of hydrogen-bond donors (Lipinski definition) is 1. The Labute approximate surface area is 136 Å². The summed E-state index contributed by atoms with van der Waals surface area (Å²) in [5.74, 6) is -0.449. The largest absolute Gasteiger partial charge is 0.371 e. The molecule has 1 aromatic carbocycles. The Hall–Kier alpha value is -1.48. The van der Waals surface area contributed by atoms with Gasteiger partial charge in [0.1, 0.15) is 0 Å². The quantitative estimate of drug-likeness (QED) is 0.867. The maximum atomic E-state index is 12.5. The van der Waals surface area contributed by atoms with Crippen molar-refractivity contribution in [1.82, 2.24) is 8.61 Å². The number of fused-ring (bicyclic) bond motifs is 2. The van der Waals surface area contributed by atoms with Gasteiger partial charge in [0.15, 0.2) is 0 Å². The molecule has 2 heterocycles. The molecule has 0 spiro atoms. The summed E-state index contributed by atoms with van der Waals surface area (Å²) in [6.45, 7) is 0.510. The highest BCUT2D eigenvalue weighted by Crippen LogP contribution is 2.34. The number of nitrogens with zero attached hydrogens (tertiary/aromatic N) is 2. The van der Waals surface area contributed by atoms with E-state index < -0.39 is 16.3 Å². The number of carbonyl (C=O) groups is 1. The SMILES string of the molecule is CN(C)S(=O)(=O)N1C[C@@H]2C[C@@H](C(=O)Nc3ccccc3)[C@H](C1)O2. The lowest BCUT2D eigenvalue weighted by molar-refractivity contribution is -0.122. The van der Waals surface area contributed by atoms with E-state index in [0.717, 1.165) is 5.69 Å². The zero-order chi connectivity index (χ0) is 16.6. The van der Waals surface area contributed by atoms with Crippen molar-refractivity contribution in [3.05, 3.63) is 30.3 Å². The molecule has 2 bridgehead atoms. The molecule has 8 heteroatoms. The fraction of sp³-hybridized carbons (Fsp3) is 0.533. The summed E-state index contributed by atoms with van der Waals surface area (Å²) < 4.78 is 32.9. The Balaban J connectivity index is 1.70. The van der Waals surface area contributed by atoms with Crippen molar-refractivity contribution in [3.63, 3.8) is 0 Å². The number of para-hydroxylation sites is 1. The molecule has 0 radical (unpaired) electrons. The molecule has 23 heavy (non-hydrogen) atoms. The molecule has 3 rings (SSSR count). The van der Waals surface area contributed by atoms with Gasteiger partial charge in [0.05, 0.1) is 18.1 Å². The van der Waals surface area contributed by atoms with E-state index in [2.05, 4.69) is 5.32 Å². The van der Waals surface area contributed by atoms with E-state index in [1.165, 1.54) is 22.7 Å². The summed E-state index contributed by atoms with van der Waals surface area (Å²) in [5.41, 5.74) is 0.733. The molecule has 0 aliphatic carbocycles. The first-order chi connectivity index (χ1) is 10.9. The molecule has 7 nitrogen and oxygen atoms in total. The molecule has 1 amide bonds. The number of rotatable bonds is 4. The first-order valence-electron chi connectivity index (χ1n) is 7.57. The van der Waals surface area contributed by atoms with Gasteiger partial charge in [0.2, 0.25) is 5.91 Å². The van der Waals surface area contributed by atoms with Crippen molar-refractivity contribution in [3.8, 4) is 0 Å². The van der Waals surface area contributed by atoms with Crippen molar-refractivity contribution >= 4 is 21.8 Å². The van der Waals surface area contributed by atoms with Gasteiger partial charge in [-0.3, -0.25) is 4.79 Å². The minimum absolute atomic E-state index is 0.118. The molecule has 3 atom stereocenters. The summed E-state index contributed by atoms with van der Waals surface area (Å²) in [7, 11) is -0.466. The van der Waals surface area contributed by atoms with Gasteiger partial charge >= 0.3 is 0 Å². The van der Waals surface area contributed by atoms with E-state index in [1.54, 1.807) is 0 Å². The van der Waals surface area contributed by atoms with Gasteiger partial charge in [0.25, 0.3) is 10.2 Å². The fourth-order valence-corrected chi connectivity index (χ4v) is 4.23. The highest BCUT2D eigenvalue weighted by molar-refractivity contribution is 7.86. The molecule has 1 N–H and O–H groups in total. The Kier molecular flexibility index (Phi) is 4.41. The van der Waals surface area contributed by atoms with Crippen molar-refractivity contribution in [2.24, 2.45) is 5.92 Å². The number of benzene rings is 1. The van der Waals surface area contributed by atoms with Crippen LogP contribution in [0.15, 0.2) is 30.3 Å². The van der Waals surface area contributed by atoms with Gasteiger partial charge in [-0.25, -0.2) is 0 Å². The molecular weight excluding hydrogens is 318 g/mol. The van der Waals surface area contributed by atoms with E-state index in [-0.39, 0.29) is 24.5 Å². The third kappa shape index (κ3) is 3.25. The minimum Gasteiger partial charge on any atom is -0.371 e. The average molecular weight is 339 g/mol. The van der Waals surface area contributed by atoms with Crippen LogP contribution in [-0.4, -0.2) is 62.3 Å². The zero-order valence-corrected chi connectivity index (χ0v) is 14.0. The maximum Gasteiger partial charge on any atom is 0.281 e. The topological polar surface area (TPSA) is 79.0 Å². The van der Waals surface area contributed by atoms with Crippen LogP contribution >= 0.6 is 0 Å². The molecular formula is C15H21N3O4S. The number of anilines is 1. The van der Waals surface area contributed by atoms with Gasteiger partial charge in [0, 0.05) is 32.9 Å². The second kappa shape index (κ2) is 6.20. The summed E-state index contributed by atoms with van der Waals surface area (Å²) in [6.07, 6.45) is -0.0785. The lowest BCUT2D eigenvalue weighted by Gasteiger charge is -2.33. The van der Waals surface area contributed by atoms with Crippen molar-refractivity contribution in [2.75, 3.05) is 32.5 Å². The van der Waals surface area contributed by atoms with Crippen molar-refractivity contribution < 1.29 is 17.9 Å². The monoisotopic (exact) mass is 339 g/mol. The molecule has 2 aliphatic rings. The Morgan fingerprint density at radius 3 is 2.61 bits per heavy atom. The molecule has 2 aliphatic heterocycles. The van der Waals surface area contributed by atoms with Crippen LogP contribution in [0.25, 0.3) is 0 Å². The first-order valence-corrected chi connectivity index (χ1v) is 8.96. The van der Waals surface area contributed by atoms with E-state index in [0.29, 0.717) is 13.0 Å². The molecule has 126 valence electrons.